The highest BCUT2D eigenvalue weighted by Crippen LogP contribution is 2.20. The molecule has 20 heavy (non-hydrogen) atoms. The minimum atomic E-state index is -3.45. The van der Waals surface area contributed by atoms with Gasteiger partial charge in [-0.3, -0.25) is 0 Å². The van der Waals surface area contributed by atoms with Crippen LogP contribution in [-0.4, -0.2) is 14.2 Å². The second-order valence-electron chi connectivity index (χ2n) is 4.71. The molecule has 0 aliphatic carbocycles. The van der Waals surface area contributed by atoms with Crippen molar-refractivity contribution in [2.45, 2.75) is 17.9 Å². The first kappa shape index (κ1) is 14.7. The van der Waals surface area contributed by atoms with Gasteiger partial charge < -0.3 is 5.73 Å². The van der Waals surface area contributed by atoms with Crippen molar-refractivity contribution in [1.82, 2.24) is 0 Å². The summed E-state index contributed by atoms with van der Waals surface area (Å²) in [6.45, 7) is 1.62. The quantitative estimate of drug-likeness (QED) is 0.942. The van der Waals surface area contributed by atoms with Gasteiger partial charge in [0.15, 0.2) is 9.84 Å². The predicted octanol–water partition coefficient (Wildman–Crippen LogP) is 2.61. The molecule has 0 aliphatic heterocycles. The lowest BCUT2D eigenvalue weighted by atomic mass is 10.1. The molecular weight excluding hydrogens is 277 g/mol. The molecule has 2 aromatic carbocycles. The van der Waals surface area contributed by atoms with E-state index in [2.05, 4.69) is 0 Å². The van der Waals surface area contributed by atoms with Crippen molar-refractivity contribution in [2.75, 3.05) is 5.75 Å². The number of hydrogen-bond acceptors (Lipinski definition) is 3. The number of sulfone groups is 1. The van der Waals surface area contributed by atoms with Crippen molar-refractivity contribution in [3.8, 4) is 0 Å². The van der Waals surface area contributed by atoms with E-state index in [1.807, 2.05) is 0 Å². The minimum Gasteiger partial charge on any atom is -0.323 e. The van der Waals surface area contributed by atoms with E-state index in [1.54, 1.807) is 31.2 Å². The van der Waals surface area contributed by atoms with E-state index in [0.717, 1.165) is 0 Å². The maximum Gasteiger partial charge on any atom is 0.180 e. The van der Waals surface area contributed by atoms with Crippen LogP contribution in [0.4, 0.5) is 4.39 Å². The van der Waals surface area contributed by atoms with E-state index in [-0.39, 0.29) is 16.5 Å². The first-order valence-corrected chi connectivity index (χ1v) is 7.85. The third-order valence-electron chi connectivity index (χ3n) is 3.11. The van der Waals surface area contributed by atoms with Gasteiger partial charge in [-0.05, 0) is 36.2 Å². The molecule has 0 bridgehead atoms. The van der Waals surface area contributed by atoms with Crippen molar-refractivity contribution in [1.29, 1.82) is 0 Å². The zero-order valence-electron chi connectivity index (χ0n) is 11.1. The zero-order valence-corrected chi connectivity index (χ0v) is 11.9. The Bertz CT molecular complexity index is 699. The number of rotatable bonds is 4. The van der Waals surface area contributed by atoms with Crippen LogP contribution in [-0.2, 0) is 9.84 Å². The van der Waals surface area contributed by atoms with Crippen molar-refractivity contribution in [3.63, 3.8) is 0 Å². The SMILES string of the molecule is Cc1cc(C(N)CS(=O)(=O)c2ccccc2)ccc1F. The Kier molecular flexibility index (Phi) is 4.20. The molecule has 0 fully saturated rings. The summed E-state index contributed by atoms with van der Waals surface area (Å²) in [5, 5.41) is 0. The van der Waals surface area contributed by atoms with Crippen LogP contribution in [0.1, 0.15) is 17.2 Å². The summed E-state index contributed by atoms with van der Waals surface area (Å²) < 4.78 is 37.6. The fraction of sp³-hybridized carbons (Fsp3) is 0.200. The molecule has 0 aliphatic rings. The molecule has 5 heteroatoms. The van der Waals surface area contributed by atoms with Crippen LogP contribution in [0.2, 0.25) is 0 Å². The highest BCUT2D eigenvalue weighted by Gasteiger charge is 2.20. The third kappa shape index (κ3) is 3.23. The van der Waals surface area contributed by atoms with Gasteiger partial charge in [0.25, 0.3) is 0 Å². The van der Waals surface area contributed by atoms with Gasteiger partial charge in [-0.1, -0.05) is 30.3 Å². The lowest BCUT2D eigenvalue weighted by molar-refractivity contribution is 0.588. The molecule has 2 N–H and O–H groups in total. The van der Waals surface area contributed by atoms with Crippen molar-refractivity contribution in [2.24, 2.45) is 5.73 Å². The Labute approximate surface area is 118 Å². The molecule has 0 spiro atoms. The number of benzene rings is 2. The van der Waals surface area contributed by atoms with Gasteiger partial charge in [-0.15, -0.1) is 0 Å². The fourth-order valence-electron chi connectivity index (χ4n) is 1.96. The Balaban J connectivity index is 2.23. The van der Waals surface area contributed by atoms with E-state index in [1.165, 1.54) is 24.3 Å². The lowest BCUT2D eigenvalue weighted by Gasteiger charge is -2.13. The predicted molar refractivity (Wildman–Crippen MR) is 76.6 cm³/mol. The van der Waals surface area contributed by atoms with Crippen molar-refractivity contribution in [3.05, 3.63) is 65.5 Å². The van der Waals surface area contributed by atoms with E-state index in [9.17, 15) is 12.8 Å². The first-order valence-electron chi connectivity index (χ1n) is 6.19. The van der Waals surface area contributed by atoms with Crippen LogP contribution < -0.4 is 5.73 Å². The summed E-state index contributed by atoms with van der Waals surface area (Å²) >= 11 is 0. The molecule has 106 valence electrons. The van der Waals surface area contributed by atoms with Gasteiger partial charge in [0.2, 0.25) is 0 Å². The standard InChI is InChI=1S/C15H16FNO2S/c1-11-9-12(7-8-14(11)16)15(17)10-20(18,19)13-5-3-2-4-6-13/h2-9,15H,10,17H2,1H3. The third-order valence-corrected chi connectivity index (χ3v) is 4.90. The molecule has 0 amide bonds. The molecule has 0 radical (unpaired) electrons. The maximum absolute atomic E-state index is 13.2. The van der Waals surface area contributed by atoms with Gasteiger partial charge >= 0.3 is 0 Å². The van der Waals surface area contributed by atoms with Crippen molar-refractivity contribution < 1.29 is 12.8 Å². The molecule has 3 nitrogen and oxygen atoms in total. The summed E-state index contributed by atoms with van der Waals surface area (Å²) in [7, 11) is -3.45. The molecule has 1 unspecified atom stereocenters. The van der Waals surface area contributed by atoms with E-state index < -0.39 is 15.9 Å². The Hall–Kier alpha value is -1.72. The van der Waals surface area contributed by atoms with Gasteiger partial charge in [0.05, 0.1) is 10.6 Å². The van der Waals surface area contributed by atoms with E-state index >= 15 is 0 Å². The van der Waals surface area contributed by atoms with Crippen LogP contribution in [0.15, 0.2) is 53.4 Å². The van der Waals surface area contributed by atoms with Gasteiger partial charge in [-0.25, -0.2) is 12.8 Å². The molecule has 0 aromatic heterocycles. The van der Waals surface area contributed by atoms with E-state index in [4.69, 9.17) is 5.73 Å². The Morgan fingerprint density at radius 1 is 1.15 bits per heavy atom. The molecular formula is C15H16FNO2S. The van der Waals surface area contributed by atoms with Gasteiger partial charge in [0.1, 0.15) is 5.82 Å². The summed E-state index contributed by atoms with van der Waals surface area (Å²) in [6.07, 6.45) is 0. The normalized spacial score (nSPS) is 13.2. The molecule has 1 atom stereocenters. The smallest absolute Gasteiger partial charge is 0.180 e. The first-order chi connectivity index (χ1) is 9.40. The number of hydrogen-bond donors (Lipinski definition) is 1. The monoisotopic (exact) mass is 293 g/mol. The molecule has 0 saturated heterocycles. The number of nitrogens with two attached hydrogens (primary N) is 1. The Morgan fingerprint density at radius 2 is 1.80 bits per heavy atom. The summed E-state index contributed by atoms with van der Waals surface area (Å²) in [4.78, 5) is 0.245. The summed E-state index contributed by atoms with van der Waals surface area (Å²) in [6, 6.07) is 11.9. The fourth-order valence-corrected chi connectivity index (χ4v) is 3.38. The van der Waals surface area contributed by atoms with Gasteiger partial charge in [0, 0.05) is 6.04 Å². The highest BCUT2D eigenvalue weighted by atomic mass is 32.2. The molecule has 0 saturated carbocycles. The second-order valence-corrected chi connectivity index (χ2v) is 6.74. The highest BCUT2D eigenvalue weighted by molar-refractivity contribution is 7.91. The molecule has 0 heterocycles. The average molecular weight is 293 g/mol. The van der Waals surface area contributed by atoms with E-state index in [0.29, 0.717) is 11.1 Å². The summed E-state index contributed by atoms with van der Waals surface area (Å²) in [5.41, 5.74) is 7.00. The Morgan fingerprint density at radius 3 is 2.40 bits per heavy atom. The zero-order chi connectivity index (χ0) is 14.8. The largest absolute Gasteiger partial charge is 0.323 e. The lowest BCUT2D eigenvalue weighted by Crippen LogP contribution is -2.22. The molecule has 2 aromatic rings. The molecule has 2 rings (SSSR count). The van der Waals surface area contributed by atoms with Gasteiger partial charge in [-0.2, -0.15) is 0 Å². The second kappa shape index (κ2) is 5.73. The topological polar surface area (TPSA) is 60.2 Å². The van der Waals surface area contributed by atoms with Crippen LogP contribution in [0, 0.1) is 12.7 Å². The van der Waals surface area contributed by atoms with Crippen LogP contribution in [0.25, 0.3) is 0 Å². The van der Waals surface area contributed by atoms with Crippen LogP contribution in [0.3, 0.4) is 0 Å². The van der Waals surface area contributed by atoms with Crippen LogP contribution >= 0.6 is 0 Å². The van der Waals surface area contributed by atoms with Crippen molar-refractivity contribution >= 4 is 9.84 Å². The average Bonchev–Trinajstić information content (AvgIpc) is 2.42. The number of aryl methyl sites for hydroxylation is 1. The summed E-state index contributed by atoms with van der Waals surface area (Å²) in [5.74, 6) is -0.533. The van der Waals surface area contributed by atoms with Crippen LogP contribution in [0.5, 0.6) is 0 Å². The maximum atomic E-state index is 13.2. The minimum absolute atomic E-state index is 0.206. The number of halogens is 1.